The number of anilines is 1. The number of rotatable bonds is 3. The van der Waals surface area contributed by atoms with Gasteiger partial charge < -0.3 is 14.4 Å². The molecule has 3 heterocycles. The average molecular weight is 415 g/mol. The van der Waals surface area contributed by atoms with Crippen molar-refractivity contribution in [1.82, 2.24) is 19.4 Å². The predicted molar refractivity (Wildman–Crippen MR) is 118 cm³/mol. The lowest BCUT2D eigenvalue weighted by atomic mass is 10.1. The van der Waals surface area contributed by atoms with Crippen molar-refractivity contribution in [2.75, 3.05) is 31.1 Å². The van der Waals surface area contributed by atoms with Gasteiger partial charge in [0.25, 0.3) is 5.91 Å². The Labute approximate surface area is 179 Å². The smallest absolute Gasteiger partial charge is 0.253 e. The van der Waals surface area contributed by atoms with E-state index in [9.17, 15) is 9.18 Å². The van der Waals surface area contributed by atoms with E-state index in [1.807, 2.05) is 52.9 Å². The maximum Gasteiger partial charge on any atom is 0.253 e. The van der Waals surface area contributed by atoms with Crippen LogP contribution in [0.1, 0.15) is 10.4 Å². The van der Waals surface area contributed by atoms with Gasteiger partial charge in [-0.3, -0.25) is 4.79 Å². The van der Waals surface area contributed by atoms with Crippen LogP contribution < -0.4 is 4.90 Å². The fourth-order valence-corrected chi connectivity index (χ4v) is 4.08. The van der Waals surface area contributed by atoms with Crippen LogP contribution >= 0.6 is 0 Å². The van der Waals surface area contributed by atoms with Crippen molar-refractivity contribution in [3.63, 3.8) is 0 Å². The first kappa shape index (κ1) is 19.2. The number of pyridine rings is 1. The van der Waals surface area contributed by atoms with Gasteiger partial charge in [0.1, 0.15) is 17.2 Å². The number of piperazine rings is 1. The van der Waals surface area contributed by atoms with Crippen LogP contribution in [0.2, 0.25) is 0 Å². The fraction of sp³-hybridized carbons (Fsp3) is 0.208. The van der Waals surface area contributed by atoms with Crippen LogP contribution in [0.4, 0.5) is 10.1 Å². The Morgan fingerprint density at radius 3 is 2.48 bits per heavy atom. The molecule has 2 aromatic carbocycles. The summed E-state index contributed by atoms with van der Waals surface area (Å²) in [6.45, 7) is 2.67. The Morgan fingerprint density at radius 1 is 0.968 bits per heavy atom. The number of aryl methyl sites for hydroxylation is 1. The molecule has 6 nitrogen and oxygen atoms in total. The number of imidazole rings is 1. The van der Waals surface area contributed by atoms with E-state index in [4.69, 9.17) is 0 Å². The molecule has 1 saturated heterocycles. The van der Waals surface area contributed by atoms with E-state index in [1.165, 1.54) is 12.1 Å². The number of fused-ring (bicyclic) bond motifs is 1. The molecule has 0 N–H and O–H groups in total. The molecule has 1 aliphatic heterocycles. The lowest BCUT2D eigenvalue weighted by Crippen LogP contribution is -2.48. The van der Waals surface area contributed by atoms with Gasteiger partial charge in [-0.15, -0.1) is 0 Å². The normalized spacial score (nSPS) is 14.3. The number of carbonyl (C=O) groups excluding carboxylic acids is 1. The highest BCUT2D eigenvalue weighted by atomic mass is 19.1. The van der Waals surface area contributed by atoms with Crippen LogP contribution in [0.15, 0.2) is 66.9 Å². The van der Waals surface area contributed by atoms with Crippen molar-refractivity contribution in [2.45, 2.75) is 0 Å². The maximum atomic E-state index is 13.2. The standard InChI is InChI=1S/C24H22FN5O/c1-28-22(27-21-6-3-11-26-23(21)28)17-4-2-5-18(16-17)24(31)30-14-12-29(13-15-30)20-9-7-19(25)8-10-20/h2-11,16H,12-15H2,1H3. The lowest BCUT2D eigenvalue weighted by Gasteiger charge is -2.36. The predicted octanol–water partition coefficient (Wildman–Crippen LogP) is 3.74. The zero-order valence-electron chi connectivity index (χ0n) is 17.2. The summed E-state index contributed by atoms with van der Waals surface area (Å²) in [5.74, 6) is 0.552. The van der Waals surface area contributed by atoms with Gasteiger partial charge >= 0.3 is 0 Å². The van der Waals surface area contributed by atoms with Gasteiger partial charge in [0.15, 0.2) is 5.65 Å². The highest BCUT2D eigenvalue weighted by Gasteiger charge is 2.23. The van der Waals surface area contributed by atoms with Gasteiger partial charge in [0, 0.05) is 56.2 Å². The Balaban J connectivity index is 1.33. The van der Waals surface area contributed by atoms with Crippen molar-refractivity contribution in [2.24, 2.45) is 7.05 Å². The van der Waals surface area contributed by atoms with Gasteiger partial charge in [0.2, 0.25) is 0 Å². The first-order chi connectivity index (χ1) is 15.1. The Kier molecular flexibility index (Phi) is 4.86. The molecule has 2 aromatic heterocycles. The molecule has 0 saturated carbocycles. The number of halogens is 1. The number of benzene rings is 2. The first-order valence-corrected chi connectivity index (χ1v) is 10.3. The molecule has 0 radical (unpaired) electrons. The number of carbonyl (C=O) groups is 1. The Morgan fingerprint density at radius 2 is 1.74 bits per heavy atom. The quantitative estimate of drug-likeness (QED) is 0.512. The van der Waals surface area contributed by atoms with Crippen molar-refractivity contribution < 1.29 is 9.18 Å². The van der Waals surface area contributed by atoms with Crippen LogP contribution in [0.25, 0.3) is 22.6 Å². The first-order valence-electron chi connectivity index (χ1n) is 10.3. The maximum absolute atomic E-state index is 13.2. The van der Waals surface area contributed by atoms with E-state index < -0.39 is 0 Å². The molecular formula is C24H22FN5O. The molecule has 0 atom stereocenters. The number of amides is 1. The summed E-state index contributed by atoms with van der Waals surface area (Å²) in [7, 11) is 1.93. The average Bonchev–Trinajstić information content (AvgIpc) is 3.16. The molecular weight excluding hydrogens is 393 g/mol. The van der Waals surface area contributed by atoms with Crippen LogP contribution in [0.5, 0.6) is 0 Å². The van der Waals surface area contributed by atoms with Gasteiger partial charge in [-0.05, 0) is 48.5 Å². The third-order valence-corrected chi connectivity index (χ3v) is 5.75. The zero-order valence-corrected chi connectivity index (χ0v) is 17.2. The van der Waals surface area contributed by atoms with Gasteiger partial charge in [-0.25, -0.2) is 14.4 Å². The minimum absolute atomic E-state index is 0.0116. The van der Waals surface area contributed by atoms with E-state index in [-0.39, 0.29) is 11.7 Å². The summed E-state index contributed by atoms with van der Waals surface area (Å²) in [5.41, 5.74) is 4.15. The highest BCUT2D eigenvalue weighted by Crippen LogP contribution is 2.24. The fourth-order valence-electron chi connectivity index (χ4n) is 4.08. The molecule has 156 valence electrons. The molecule has 7 heteroatoms. The minimum Gasteiger partial charge on any atom is -0.368 e. The summed E-state index contributed by atoms with van der Waals surface area (Å²) in [6, 6.07) is 17.9. The molecule has 4 aromatic rings. The van der Waals surface area contributed by atoms with E-state index >= 15 is 0 Å². The van der Waals surface area contributed by atoms with Gasteiger partial charge in [-0.1, -0.05) is 12.1 Å². The van der Waals surface area contributed by atoms with Gasteiger partial charge in [-0.2, -0.15) is 0 Å². The second-order valence-corrected chi connectivity index (χ2v) is 7.68. The summed E-state index contributed by atoms with van der Waals surface area (Å²) >= 11 is 0. The van der Waals surface area contributed by atoms with Gasteiger partial charge in [0.05, 0.1) is 0 Å². The Hall–Kier alpha value is -3.74. The van der Waals surface area contributed by atoms with Crippen molar-refractivity contribution in [3.05, 3.63) is 78.2 Å². The topological polar surface area (TPSA) is 54.3 Å². The third-order valence-electron chi connectivity index (χ3n) is 5.75. The van der Waals surface area contributed by atoms with E-state index in [0.29, 0.717) is 31.7 Å². The largest absolute Gasteiger partial charge is 0.368 e. The molecule has 0 aliphatic carbocycles. The monoisotopic (exact) mass is 415 g/mol. The van der Waals surface area contributed by atoms with Crippen molar-refractivity contribution in [3.8, 4) is 11.4 Å². The molecule has 1 amide bonds. The van der Waals surface area contributed by atoms with Crippen molar-refractivity contribution >= 4 is 22.8 Å². The summed E-state index contributed by atoms with van der Waals surface area (Å²) in [5, 5.41) is 0. The molecule has 0 spiro atoms. The molecule has 1 fully saturated rings. The Bertz CT molecular complexity index is 1240. The van der Waals surface area contributed by atoms with Crippen LogP contribution in [0.3, 0.4) is 0 Å². The summed E-state index contributed by atoms with van der Waals surface area (Å²) in [4.78, 5) is 26.3. The molecule has 31 heavy (non-hydrogen) atoms. The number of aromatic nitrogens is 3. The second-order valence-electron chi connectivity index (χ2n) is 7.68. The summed E-state index contributed by atoms with van der Waals surface area (Å²) < 4.78 is 15.1. The van der Waals surface area contributed by atoms with E-state index in [1.54, 1.807) is 18.3 Å². The number of hydrogen-bond acceptors (Lipinski definition) is 4. The minimum atomic E-state index is -0.242. The lowest BCUT2D eigenvalue weighted by molar-refractivity contribution is 0.0747. The van der Waals surface area contributed by atoms with Crippen LogP contribution in [0, 0.1) is 5.82 Å². The number of nitrogens with zero attached hydrogens (tertiary/aromatic N) is 5. The number of hydrogen-bond donors (Lipinski definition) is 0. The van der Waals surface area contributed by atoms with Crippen molar-refractivity contribution in [1.29, 1.82) is 0 Å². The molecule has 5 rings (SSSR count). The highest BCUT2D eigenvalue weighted by molar-refractivity contribution is 5.95. The molecule has 0 bridgehead atoms. The van der Waals surface area contributed by atoms with E-state index in [0.717, 1.165) is 28.2 Å². The zero-order chi connectivity index (χ0) is 21.4. The van der Waals surface area contributed by atoms with Crippen LogP contribution in [-0.4, -0.2) is 51.5 Å². The SMILES string of the molecule is Cn1c(-c2cccc(C(=O)N3CCN(c4ccc(F)cc4)CC3)c2)nc2cccnc21. The molecule has 1 aliphatic rings. The van der Waals surface area contributed by atoms with Crippen LogP contribution in [-0.2, 0) is 7.05 Å². The summed E-state index contributed by atoms with van der Waals surface area (Å²) in [6.07, 6.45) is 1.75. The molecule has 0 unspecified atom stereocenters. The van der Waals surface area contributed by atoms with E-state index in [2.05, 4.69) is 14.9 Å². The second kappa shape index (κ2) is 7.83. The third kappa shape index (κ3) is 3.63.